The molecule has 0 heterocycles. The Balaban J connectivity index is 2.65. The normalized spacial score (nSPS) is 11.3. The molecule has 0 saturated heterocycles. The van der Waals surface area contributed by atoms with Gasteiger partial charge in [0.25, 0.3) is 0 Å². The molecule has 0 N–H and O–H groups in total. The van der Waals surface area contributed by atoms with E-state index in [1.165, 1.54) is 5.30 Å². The number of ether oxygens (including phenoxy) is 1. The van der Waals surface area contributed by atoms with Gasteiger partial charge in [-0.1, -0.05) is 34.6 Å². The van der Waals surface area contributed by atoms with Crippen molar-refractivity contribution in [3.63, 3.8) is 0 Å². The maximum atomic E-state index is 5.08. The Labute approximate surface area is 75.9 Å². The largest absolute Gasteiger partial charge is 0.497 e. The predicted molar refractivity (Wildman–Crippen MR) is 56.1 cm³/mol. The molecule has 1 rings (SSSR count). The molecule has 0 saturated carbocycles. The van der Waals surface area contributed by atoms with E-state index in [1.807, 2.05) is 12.1 Å². The quantitative estimate of drug-likeness (QED) is 0.652. The average molecular weight is 182 g/mol. The molecule has 0 aliphatic heterocycles. The van der Waals surface area contributed by atoms with Crippen molar-refractivity contribution in [2.75, 3.05) is 7.11 Å². The van der Waals surface area contributed by atoms with Crippen LogP contribution in [-0.2, 0) is 0 Å². The van der Waals surface area contributed by atoms with Gasteiger partial charge < -0.3 is 4.74 Å². The molecule has 0 aliphatic carbocycles. The van der Waals surface area contributed by atoms with Crippen LogP contribution in [-0.4, -0.2) is 12.8 Å². The molecule has 0 fully saturated rings. The van der Waals surface area contributed by atoms with Gasteiger partial charge in [0.2, 0.25) is 0 Å². The van der Waals surface area contributed by atoms with Crippen LogP contribution in [0.2, 0.25) is 0 Å². The standard InChI is InChI=1S/C10H15OP/c1-8(2)12-10-6-4-9(11-3)5-7-10/h4-8,12H,1-3H3. The molecule has 1 unspecified atom stereocenters. The van der Waals surface area contributed by atoms with E-state index in [-0.39, 0.29) is 0 Å². The summed E-state index contributed by atoms with van der Waals surface area (Å²) in [6.07, 6.45) is 0. The van der Waals surface area contributed by atoms with Gasteiger partial charge in [0, 0.05) is 0 Å². The Hall–Kier alpha value is -0.550. The van der Waals surface area contributed by atoms with Crippen LogP contribution < -0.4 is 10.0 Å². The van der Waals surface area contributed by atoms with E-state index < -0.39 is 0 Å². The number of rotatable bonds is 3. The van der Waals surface area contributed by atoms with Crippen LogP contribution in [0.4, 0.5) is 0 Å². The van der Waals surface area contributed by atoms with E-state index in [0.717, 1.165) is 20.0 Å². The molecule has 1 aromatic carbocycles. The Morgan fingerprint density at radius 2 is 1.75 bits per heavy atom. The second-order valence-corrected chi connectivity index (χ2v) is 5.05. The Morgan fingerprint density at radius 1 is 1.17 bits per heavy atom. The molecule has 0 radical (unpaired) electrons. The van der Waals surface area contributed by atoms with Crippen LogP contribution in [0.3, 0.4) is 0 Å². The van der Waals surface area contributed by atoms with Gasteiger partial charge in [-0.3, -0.25) is 0 Å². The third-order valence-electron chi connectivity index (χ3n) is 1.55. The molecule has 66 valence electrons. The zero-order valence-corrected chi connectivity index (χ0v) is 8.79. The van der Waals surface area contributed by atoms with Crippen molar-refractivity contribution >= 4 is 13.9 Å². The lowest BCUT2D eigenvalue weighted by Gasteiger charge is -2.05. The van der Waals surface area contributed by atoms with Gasteiger partial charge in [-0.2, -0.15) is 0 Å². The number of benzene rings is 1. The Morgan fingerprint density at radius 3 is 2.17 bits per heavy atom. The third-order valence-corrected chi connectivity index (χ3v) is 2.79. The highest BCUT2D eigenvalue weighted by Gasteiger charge is 1.96. The lowest BCUT2D eigenvalue weighted by molar-refractivity contribution is 0.415. The molecule has 12 heavy (non-hydrogen) atoms. The lowest BCUT2D eigenvalue weighted by Crippen LogP contribution is -1.98. The van der Waals surface area contributed by atoms with E-state index in [0.29, 0.717) is 0 Å². The minimum absolute atomic E-state index is 0.749. The summed E-state index contributed by atoms with van der Waals surface area (Å²) in [7, 11) is 2.60. The Bertz CT molecular complexity index is 228. The third kappa shape index (κ3) is 2.83. The van der Waals surface area contributed by atoms with Gasteiger partial charge in [0.05, 0.1) is 7.11 Å². The van der Waals surface area contributed by atoms with Crippen molar-refractivity contribution in [1.29, 1.82) is 0 Å². The van der Waals surface area contributed by atoms with Crippen molar-refractivity contribution in [2.24, 2.45) is 0 Å². The van der Waals surface area contributed by atoms with Crippen LogP contribution in [0, 0.1) is 0 Å². The number of methoxy groups -OCH3 is 1. The first-order valence-electron chi connectivity index (χ1n) is 4.13. The molecule has 1 atom stereocenters. The number of hydrogen-bond donors (Lipinski definition) is 0. The van der Waals surface area contributed by atoms with Gasteiger partial charge in [-0.15, -0.1) is 0 Å². The molecule has 0 amide bonds. The summed E-state index contributed by atoms with van der Waals surface area (Å²) in [5.41, 5.74) is 0.749. The first-order chi connectivity index (χ1) is 5.72. The molecule has 0 aromatic heterocycles. The van der Waals surface area contributed by atoms with Crippen LogP contribution in [0.15, 0.2) is 24.3 Å². The highest BCUT2D eigenvalue weighted by molar-refractivity contribution is 7.47. The highest BCUT2D eigenvalue weighted by atomic mass is 31.1. The molecule has 0 aliphatic rings. The van der Waals surface area contributed by atoms with Crippen molar-refractivity contribution in [2.45, 2.75) is 19.5 Å². The van der Waals surface area contributed by atoms with Crippen LogP contribution in [0.1, 0.15) is 13.8 Å². The van der Waals surface area contributed by atoms with Gasteiger partial charge in [0.15, 0.2) is 0 Å². The van der Waals surface area contributed by atoms with Gasteiger partial charge in [-0.05, 0) is 23.1 Å². The highest BCUT2D eigenvalue weighted by Crippen LogP contribution is 2.18. The van der Waals surface area contributed by atoms with Crippen LogP contribution in [0.5, 0.6) is 5.75 Å². The molecule has 1 aromatic rings. The SMILES string of the molecule is COc1ccc(PC(C)C)cc1. The summed E-state index contributed by atoms with van der Waals surface area (Å²) in [6, 6.07) is 8.31. The Kier molecular flexibility index (Phi) is 3.55. The maximum Gasteiger partial charge on any atom is 0.118 e. The van der Waals surface area contributed by atoms with E-state index in [9.17, 15) is 0 Å². The average Bonchev–Trinajstić information content (AvgIpc) is 2.05. The minimum Gasteiger partial charge on any atom is -0.497 e. The summed E-state index contributed by atoms with van der Waals surface area (Å²) in [4.78, 5) is 0. The fourth-order valence-corrected chi connectivity index (χ4v) is 2.05. The zero-order chi connectivity index (χ0) is 8.97. The van der Waals surface area contributed by atoms with E-state index in [2.05, 4.69) is 26.0 Å². The summed E-state index contributed by atoms with van der Waals surface area (Å²) in [6.45, 7) is 4.48. The van der Waals surface area contributed by atoms with Gasteiger partial charge in [-0.25, -0.2) is 0 Å². The summed E-state index contributed by atoms with van der Waals surface area (Å²) in [5.74, 6) is 0.937. The van der Waals surface area contributed by atoms with E-state index >= 15 is 0 Å². The molecule has 0 spiro atoms. The van der Waals surface area contributed by atoms with Crippen LogP contribution in [0.25, 0.3) is 0 Å². The van der Waals surface area contributed by atoms with Gasteiger partial charge in [0.1, 0.15) is 5.75 Å². The zero-order valence-electron chi connectivity index (χ0n) is 7.79. The van der Waals surface area contributed by atoms with Crippen molar-refractivity contribution in [3.05, 3.63) is 24.3 Å². The summed E-state index contributed by atoms with van der Waals surface area (Å²) >= 11 is 0. The first kappa shape index (κ1) is 9.54. The molecule has 0 bridgehead atoms. The van der Waals surface area contributed by atoms with Crippen molar-refractivity contribution < 1.29 is 4.74 Å². The fraction of sp³-hybridized carbons (Fsp3) is 0.400. The predicted octanol–water partition coefficient (Wildman–Crippen LogP) is 2.41. The fourth-order valence-electron chi connectivity index (χ4n) is 1.02. The smallest absolute Gasteiger partial charge is 0.118 e. The second kappa shape index (κ2) is 4.47. The summed E-state index contributed by atoms with van der Waals surface area (Å²) < 4.78 is 5.08. The monoisotopic (exact) mass is 182 g/mol. The van der Waals surface area contributed by atoms with E-state index in [1.54, 1.807) is 7.11 Å². The number of hydrogen-bond acceptors (Lipinski definition) is 1. The molecular formula is C10H15OP. The van der Waals surface area contributed by atoms with Gasteiger partial charge >= 0.3 is 0 Å². The van der Waals surface area contributed by atoms with E-state index in [4.69, 9.17) is 4.74 Å². The lowest BCUT2D eigenvalue weighted by atomic mass is 10.3. The molecule has 2 heteroatoms. The summed E-state index contributed by atoms with van der Waals surface area (Å²) in [5, 5.41) is 1.41. The van der Waals surface area contributed by atoms with Crippen molar-refractivity contribution in [1.82, 2.24) is 0 Å². The first-order valence-corrected chi connectivity index (χ1v) is 5.20. The van der Waals surface area contributed by atoms with Crippen LogP contribution >= 0.6 is 8.58 Å². The maximum absolute atomic E-state index is 5.08. The molecular weight excluding hydrogens is 167 g/mol. The topological polar surface area (TPSA) is 9.23 Å². The molecule has 1 nitrogen and oxygen atoms in total. The van der Waals surface area contributed by atoms with Crippen molar-refractivity contribution in [3.8, 4) is 5.75 Å². The minimum atomic E-state index is 0.749. The second-order valence-electron chi connectivity index (χ2n) is 3.03.